The van der Waals surface area contributed by atoms with Crippen molar-refractivity contribution >= 4 is 0 Å². The quantitative estimate of drug-likeness (QED) is 0.362. The minimum atomic E-state index is 0.0412. The van der Waals surface area contributed by atoms with Gasteiger partial charge >= 0.3 is 0 Å². The molecular weight excluding hydrogens is 200 g/mol. The summed E-state index contributed by atoms with van der Waals surface area (Å²) in [4.78, 5) is 0. The molecule has 0 bridgehead atoms. The van der Waals surface area contributed by atoms with Crippen molar-refractivity contribution in [3.8, 4) is 0 Å². The van der Waals surface area contributed by atoms with Crippen molar-refractivity contribution in [1.82, 2.24) is 5.43 Å². The number of methoxy groups -OCH3 is 1. The van der Waals surface area contributed by atoms with E-state index in [9.17, 15) is 0 Å². The van der Waals surface area contributed by atoms with E-state index < -0.39 is 0 Å². The third-order valence-electron chi connectivity index (χ3n) is 4.04. The zero-order valence-electron chi connectivity index (χ0n) is 10.9. The predicted octanol–water partition coefficient (Wildman–Crippen LogP) is 2.75. The van der Waals surface area contributed by atoms with Crippen molar-refractivity contribution in [2.45, 2.75) is 76.4 Å². The van der Waals surface area contributed by atoms with Gasteiger partial charge in [0, 0.05) is 7.11 Å². The molecule has 1 aliphatic rings. The van der Waals surface area contributed by atoms with Crippen LogP contribution in [0.15, 0.2) is 0 Å². The highest BCUT2D eigenvalue weighted by atomic mass is 16.5. The number of rotatable bonds is 9. The van der Waals surface area contributed by atoms with Gasteiger partial charge in [-0.15, -0.1) is 0 Å². The lowest BCUT2D eigenvalue weighted by molar-refractivity contribution is -0.100. The van der Waals surface area contributed by atoms with E-state index in [1.54, 1.807) is 0 Å². The first-order chi connectivity index (χ1) is 7.79. The summed E-state index contributed by atoms with van der Waals surface area (Å²) in [6.45, 7) is 2.25. The van der Waals surface area contributed by atoms with Crippen LogP contribution in [0.2, 0.25) is 0 Å². The van der Waals surface area contributed by atoms with E-state index in [0.29, 0.717) is 6.04 Å². The largest absolute Gasteiger partial charge is 0.377 e. The molecule has 1 aliphatic carbocycles. The van der Waals surface area contributed by atoms with Crippen LogP contribution in [0.4, 0.5) is 0 Å². The van der Waals surface area contributed by atoms with Crippen LogP contribution >= 0.6 is 0 Å². The highest BCUT2D eigenvalue weighted by Gasteiger charge is 2.43. The Bertz CT molecular complexity index is 175. The third kappa shape index (κ3) is 3.44. The fourth-order valence-corrected chi connectivity index (χ4v) is 2.67. The smallest absolute Gasteiger partial charge is 0.0844 e. The van der Waals surface area contributed by atoms with Crippen molar-refractivity contribution in [3.05, 3.63) is 0 Å². The average Bonchev–Trinajstić information content (AvgIpc) is 2.25. The van der Waals surface area contributed by atoms with Gasteiger partial charge in [0.15, 0.2) is 0 Å². The van der Waals surface area contributed by atoms with Gasteiger partial charge in [-0.25, -0.2) is 0 Å². The Morgan fingerprint density at radius 2 is 1.94 bits per heavy atom. The number of unbranched alkanes of at least 4 members (excludes halogenated alkanes) is 4. The molecule has 1 atom stereocenters. The highest BCUT2D eigenvalue weighted by Crippen LogP contribution is 2.39. The number of nitrogens with one attached hydrogen (secondary N) is 1. The van der Waals surface area contributed by atoms with Gasteiger partial charge in [0.05, 0.1) is 11.6 Å². The van der Waals surface area contributed by atoms with Gasteiger partial charge in [-0.2, -0.15) is 0 Å². The lowest BCUT2D eigenvalue weighted by atomic mass is 9.73. The predicted molar refractivity (Wildman–Crippen MR) is 68.1 cm³/mol. The molecule has 0 radical (unpaired) electrons. The third-order valence-corrected chi connectivity index (χ3v) is 4.04. The second-order valence-electron chi connectivity index (χ2n) is 5.04. The first kappa shape index (κ1) is 13.9. The van der Waals surface area contributed by atoms with Gasteiger partial charge in [-0.1, -0.05) is 39.0 Å². The van der Waals surface area contributed by atoms with Crippen molar-refractivity contribution in [2.75, 3.05) is 7.11 Å². The maximum atomic E-state index is 5.66. The molecule has 1 unspecified atom stereocenters. The summed E-state index contributed by atoms with van der Waals surface area (Å²) in [6.07, 6.45) is 11.4. The van der Waals surface area contributed by atoms with E-state index in [1.807, 2.05) is 7.11 Å². The molecule has 0 aromatic carbocycles. The van der Waals surface area contributed by atoms with Crippen LogP contribution in [-0.4, -0.2) is 18.8 Å². The molecule has 3 nitrogen and oxygen atoms in total. The first-order valence-electron chi connectivity index (χ1n) is 6.80. The van der Waals surface area contributed by atoms with Crippen LogP contribution in [-0.2, 0) is 4.74 Å². The molecule has 0 aromatic rings. The Kier molecular flexibility index (Phi) is 6.32. The Labute approximate surface area is 100 Å². The van der Waals surface area contributed by atoms with Crippen LogP contribution in [0.25, 0.3) is 0 Å². The van der Waals surface area contributed by atoms with E-state index in [4.69, 9.17) is 10.6 Å². The molecule has 0 heterocycles. The number of nitrogens with two attached hydrogens (primary N) is 1. The first-order valence-corrected chi connectivity index (χ1v) is 6.80. The fraction of sp³-hybridized carbons (Fsp3) is 1.00. The lowest BCUT2D eigenvalue weighted by Gasteiger charge is -2.46. The summed E-state index contributed by atoms with van der Waals surface area (Å²) < 4.78 is 5.66. The van der Waals surface area contributed by atoms with Crippen LogP contribution in [0.5, 0.6) is 0 Å². The molecule has 0 aromatic heterocycles. The number of hydrogen-bond acceptors (Lipinski definition) is 3. The van der Waals surface area contributed by atoms with Gasteiger partial charge in [0.1, 0.15) is 0 Å². The molecule has 0 aliphatic heterocycles. The van der Waals surface area contributed by atoms with Crippen molar-refractivity contribution < 1.29 is 4.74 Å². The molecule has 96 valence electrons. The van der Waals surface area contributed by atoms with Crippen molar-refractivity contribution in [2.24, 2.45) is 5.84 Å². The minimum absolute atomic E-state index is 0.0412. The maximum Gasteiger partial charge on any atom is 0.0844 e. The molecule has 0 saturated heterocycles. The molecule has 0 amide bonds. The summed E-state index contributed by atoms with van der Waals surface area (Å²) in [5.74, 6) is 5.65. The molecule has 1 fully saturated rings. The molecule has 3 N–H and O–H groups in total. The van der Waals surface area contributed by atoms with Crippen LogP contribution in [0, 0.1) is 0 Å². The fourth-order valence-electron chi connectivity index (χ4n) is 2.67. The Morgan fingerprint density at radius 3 is 2.38 bits per heavy atom. The topological polar surface area (TPSA) is 47.3 Å². The van der Waals surface area contributed by atoms with E-state index >= 15 is 0 Å². The lowest BCUT2D eigenvalue weighted by Crippen LogP contribution is -2.58. The molecule has 0 spiro atoms. The second kappa shape index (κ2) is 7.25. The Hall–Kier alpha value is -0.120. The molecule has 3 heteroatoms. The molecule has 16 heavy (non-hydrogen) atoms. The normalized spacial score (nSPS) is 20.4. The van der Waals surface area contributed by atoms with E-state index in [1.165, 1.54) is 38.5 Å². The van der Waals surface area contributed by atoms with Crippen LogP contribution in [0.3, 0.4) is 0 Å². The van der Waals surface area contributed by atoms with Gasteiger partial charge in [-0.3, -0.25) is 11.3 Å². The van der Waals surface area contributed by atoms with E-state index in [-0.39, 0.29) is 5.60 Å². The van der Waals surface area contributed by atoms with E-state index in [0.717, 1.165) is 19.3 Å². The summed E-state index contributed by atoms with van der Waals surface area (Å²) in [6, 6.07) is 0.341. The molecule has 1 rings (SSSR count). The Morgan fingerprint density at radius 1 is 1.25 bits per heavy atom. The van der Waals surface area contributed by atoms with Gasteiger partial charge in [-0.05, 0) is 25.7 Å². The number of hydrazine groups is 1. The molecular formula is C13H28N2O. The average molecular weight is 228 g/mol. The second-order valence-corrected chi connectivity index (χ2v) is 5.04. The number of hydrogen-bond donors (Lipinski definition) is 2. The highest BCUT2D eigenvalue weighted by molar-refractivity contribution is 4.98. The van der Waals surface area contributed by atoms with Gasteiger partial charge < -0.3 is 4.74 Å². The summed E-state index contributed by atoms with van der Waals surface area (Å²) >= 11 is 0. The minimum Gasteiger partial charge on any atom is -0.377 e. The maximum absolute atomic E-state index is 5.66. The summed E-state index contributed by atoms with van der Waals surface area (Å²) in [5, 5.41) is 0. The summed E-state index contributed by atoms with van der Waals surface area (Å²) in [7, 11) is 1.82. The van der Waals surface area contributed by atoms with Crippen molar-refractivity contribution in [1.29, 1.82) is 0 Å². The van der Waals surface area contributed by atoms with E-state index in [2.05, 4.69) is 12.3 Å². The summed E-state index contributed by atoms with van der Waals surface area (Å²) in [5.41, 5.74) is 3.00. The van der Waals surface area contributed by atoms with Gasteiger partial charge in [0.2, 0.25) is 0 Å². The monoisotopic (exact) mass is 228 g/mol. The van der Waals surface area contributed by atoms with Crippen molar-refractivity contribution in [3.63, 3.8) is 0 Å². The molecule has 1 saturated carbocycles. The zero-order valence-corrected chi connectivity index (χ0v) is 10.9. The standard InChI is InChI=1S/C13H28N2O/c1-3-4-5-6-7-9-12(15-14)13(16-2)10-8-11-13/h12,15H,3-11,14H2,1-2H3. The number of ether oxygens (including phenoxy) is 1. The van der Waals surface area contributed by atoms with Gasteiger partial charge in [0.25, 0.3) is 0 Å². The SMILES string of the molecule is CCCCCCCC(NN)C1(OC)CCC1. The van der Waals surface area contributed by atoms with Crippen LogP contribution in [0.1, 0.15) is 64.7 Å². The zero-order chi connectivity index (χ0) is 11.9. The Balaban J connectivity index is 2.21. The van der Waals surface area contributed by atoms with Crippen LogP contribution < -0.4 is 11.3 Å².